The van der Waals surface area contributed by atoms with Crippen LogP contribution < -0.4 is 5.30 Å². The third-order valence-corrected chi connectivity index (χ3v) is 7.35. The molecule has 0 saturated carbocycles. The van der Waals surface area contributed by atoms with Crippen LogP contribution in [0.5, 0.6) is 0 Å². The molecule has 1 nitrogen and oxygen atoms in total. The average Bonchev–Trinajstić information content (AvgIpc) is 2.13. The van der Waals surface area contributed by atoms with Crippen LogP contribution in [0.1, 0.15) is 16.7 Å². The van der Waals surface area contributed by atoms with Gasteiger partial charge in [0.2, 0.25) is 6.49 Å². The first kappa shape index (κ1) is 15.4. The van der Waals surface area contributed by atoms with Crippen molar-refractivity contribution in [1.82, 2.24) is 0 Å². The predicted octanol–water partition coefficient (Wildman–Crippen LogP) is 5.60. The Bertz CT molecular complexity index is 509. The second-order valence-electron chi connectivity index (χ2n) is 3.83. The van der Waals surface area contributed by atoms with Crippen molar-refractivity contribution >= 4 is 57.8 Å². The highest BCUT2D eigenvalue weighted by molar-refractivity contribution is 7.99. The Labute approximate surface area is 121 Å². The van der Waals surface area contributed by atoms with E-state index in [-0.39, 0.29) is 9.26 Å². The van der Waals surface area contributed by atoms with E-state index in [1.165, 1.54) is 0 Å². The van der Waals surface area contributed by atoms with Gasteiger partial charge in [-0.05, 0) is 43.1 Å². The van der Waals surface area contributed by atoms with Gasteiger partial charge < -0.3 is 0 Å². The lowest BCUT2D eigenvalue weighted by Gasteiger charge is -2.16. The lowest BCUT2D eigenvalue weighted by atomic mass is 10.1. The molecule has 1 aromatic rings. The number of hydrogen-bond acceptors (Lipinski definition) is 1. The van der Waals surface area contributed by atoms with Crippen molar-refractivity contribution in [1.29, 1.82) is 0 Å². The van der Waals surface area contributed by atoms with Crippen LogP contribution in [0, 0.1) is 20.8 Å². The zero-order valence-corrected chi connectivity index (χ0v) is 13.4. The van der Waals surface area contributed by atoms with Crippen molar-refractivity contribution in [2.45, 2.75) is 20.8 Å². The van der Waals surface area contributed by atoms with Crippen LogP contribution in [0.2, 0.25) is 0 Å². The minimum atomic E-state index is -3.43. The summed E-state index contributed by atoms with van der Waals surface area (Å²) < 4.78 is 12.1. The lowest BCUT2D eigenvalue weighted by Crippen LogP contribution is -2.11. The molecule has 1 rings (SSSR count). The summed E-state index contributed by atoms with van der Waals surface area (Å²) in [4.78, 5) is 0. The van der Waals surface area contributed by atoms with E-state index in [9.17, 15) is 4.57 Å². The lowest BCUT2D eigenvalue weighted by molar-refractivity contribution is 0.594. The molecule has 0 amide bonds. The molecule has 0 heterocycles. The minimum absolute atomic E-state index is 0.197. The van der Waals surface area contributed by atoms with Crippen LogP contribution in [0.4, 0.5) is 0 Å². The monoisotopic (exact) mass is 330 g/mol. The normalized spacial score (nSPS) is 14.3. The largest absolute Gasteiger partial charge is 0.295 e. The first-order chi connectivity index (χ1) is 7.67. The Balaban J connectivity index is 3.56. The molecule has 0 unspecified atom stereocenters. The second-order valence-corrected chi connectivity index (χ2v) is 8.81. The maximum Gasteiger partial charge on any atom is 0.239 e. The van der Waals surface area contributed by atoms with Crippen molar-refractivity contribution in [2.75, 3.05) is 0 Å². The number of rotatable bonds is 2. The molecule has 0 N–H and O–H groups in total. The maximum absolute atomic E-state index is 12.5. The van der Waals surface area contributed by atoms with E-state index in [1.807, 2.05) is 32.9 Å². The van der Waals surface area contributed by atoms with Crippen LogP contribution >= 0.6 is 52.5 Å². The van der Waals surface area contributed by atoms with Crippen molar-refractivity contribution in [3.8, 4) is 0 Å². The van der Waals surface area contributed by atoms with Gasteiger partial charge in [0.05, 0.1) is 0 Å². The third kappa shape index (κ3) is 3.22. The Kier molecular flexibility index (Phi) is 5.03. The molecular weight excluding hydrogens is 321 g/mol. The Morgan fingerprint density at radius 3 is 1.82 bits per heavy atom. The van der Waals surface area contributed by atoms with Crippen molar-refractivity contribution < 1.29 is 4.57 Å². The summed E-state index contributed by atoms with van der Waals surface area (Å²) in [5.74, 6) is 0. The zero-order valence-electron chi connectivity index (χ0n) is 9.52. The molecule has 0 aliphatic rings. The second kappa shape index (κ2) is 5.55. The fourth-order valence-corrected chi connectivity index (χ4v) is 5.56. The molecule has 0 bridgehead atoms. The van der Waals surface area contributed by atoms with Crippen LogP contribution in [0.25, 0.3) is 0 Å². The fourth-order valence-electron chi connectivity index (χ4n) is 1.83. The number of aryl methyl sites for hydroxylation is 3. The van der Waals surface area contributed by atoms with Gasteiger partial charge in [-0.15, -0.1) is 0 Å². The minimum Gasteiger partial charge on any atom is -0.295 e. The van der Waals surface area contributed by atoms with Gasteiger partial charge in [-0.25, -0.2) is 0 Å². The summed E-state index contributed by atoms with van der Waals surface area (Å²) in [5, 5.41) is 0.508. The van der Waals surface area contributed by atoms with E-state index in [0.29, 0.717) is 5.30 Å². The maximum atomic E-state index is 12.5. The molecule has 0 fully saturated rings. The summed E-state index contributed by atoms with van der Waals surface area (Å²) in [5.41, 5.74) is 2.69. The third-order valence-electron chi connectivity index (χ3n) is 2.33. The topological polar surface area (TPSA) is 17.1 Å². The molecule has 0 aromatic heterocycles. The van der Waals surface area contributed by atoms with E-state index in [1.54, 1.807) is 0 Å². The summed E-state index contributed by atoms with van der Waals surface area (Å²) >= 11 is 23.0. The molecule has 1 atom stereocenters. The van der Waals surface area contributed by atoms with Crippen molar-refractivity contribution in [3.05, 3.63) is 38.1 Å². The molecule has 0 saturated heterocycles. The summed E-state index contributed by atoms with van der Waals surface area (Å²) in [6.07, 6.45) is 0. The van der Waals surface area contributed by atoms with Crippen molar-refractivity contribution in [3.63, 3.8) is 0 Å². The average molecular weight is 332 g/mol. The van der Waals surface area contributed by atoms with Gasteiger partial charge in [0.1, 0.15) is 9.26 Å². The van der Waals surface area contributed by atoms with Gasteiger partial charge >= 0.3 is 0 Å². The fraction of sp³-hybridized carbons (Fsp3) is 0.273. The van der Waals surface area contributed by atoms with Crippen LogP contribution in [-0.4, -0.2) is 0 Å². The van der Waals surface area contributed by atoms with Crippen LogP contribution in [0.3, 0.4) is 0 Å². The molecular formula is C11H11Cl4OP. The molecule has 1 aromatic carbocycles. The van der Waals surface area contributed by atoms with E-state index in [4.69, 9.17) is 46.0 Å². The smallest absolute Gasteiger partial charge is 0.239 e. The highest BCUT2D eigenvalue weighted by Gasteiger charge is 2.31. The van der Waals surface area contributed by atoms with E-state index >= 15 is 0 Å². The molecule has 0 spiro atoms. The van der Waals surface area contributed by atoms with Gasteiger partial charge in [-0.3, -0.25) is 4.57 Å². The molecule has 0 aliphatic carbocycles. The van der Waals surface area contributed by atoms with Gasteiger partial charge in [-0.1, -0.05) is 52.5 Å². The number of hydrogen-bond donors (Lipinski definition) is 0. The standard InChI is InChI=1S/C11H11Cl4OP/c1-6-4-7(2)9(8(3)5-6)17(15,16)11(14)10(12)13/h4-5H,1-3H3/t17-/m1/s1. The van der Waals surface area contributed by atoms with Gasteiger partial charge in [0.25, 0.3) is 0 Å². The van der Waals surface area contributed by atoms with Crippen LogP contribution in [-0.2, 0) is 4.57 Å². The summed E-state index contributed by atoms with van der Waals surface area (Å²) in [6, 6.07) is 3.79. The van der Waals surface area contributed by atoms with Crippen LogP contribution in [0.15, 0.2) is 21.4 Å². The molecule has 0 radical (unpaired) electrons. The van der Waals surface area contributed by atoms with E-state index in [2.05, 4.69) is 0 Å². The summed E-state index contributed by atoms with van der Waals surface area (Å²) in [6.45, 7) is 2.18. The Morgan fingerprint density at radius 2 is 1.47 bits per heavy atom. The quantitative estimate of drug-likeness (QED) is 0.645. The first-order valence-electron chi connectivity index (χ1n) is 4.77. The number of benzene rings is 1. The molecule has 0 aliphatic heterocycles. The molecule has 6 heteroatoms. The predicted molar refractivity (Wildman–Crippen MR) is 78.3 cm³/mol. The highest BCUT2D eigenvalue weighted by atomic mass is 35.7. The van der Waals surface area contributed by atoms with Gasteiger partial charge in [-0.2, -0.15) is 0 Å². The van der Waals surface area contributed by atoms with Gasteiger partial charge in [0.15, 0.2) is 0 Å². The Morgan fingerprint density at radius 1 is 1.06 bits per heavy atom. The van der Waals surface area contributed by atoms with E-state index in [0.717, 1.165) is 16.7 Å². The molecule has 94 valence electrons. The summed E-state index contributed by atoms with van der Waals surface area (Å²) in [7, 11) is 0. The van der Waals surface area contributed by atoms with Crippen molar-refractivity contribution in [2.24, 2.45) is 0 Å². The SMILES string of the molecule is Cc1cc(C)c([P@](=O)(Cl)C(Cl)=C(Cl)Cl)c(C)c1. The zero-order chi connectivity index (χ0) is 13.4. The Hall–Kier alpha value is 0.350. The molecule has 17 heavy (non-hydrogen) atoms. The highest BCUT2D eigenvalue weighted by Crippen LogP contribution is 2.62. The van der Waals surface area contributed by atoms with Gasteiger partial charge in [0, 0.05) is 5.30 Å². The van der Waals surface area contributed by atoms with E-state index < -0.39 is 6.49 Å². The first-order valence-corrected chi connectivity index (χ1v) is 8.52. The number of halogens is 4.